The van der Waals surface area contributed by atoms with Crippen molar-refractivity contribution in [1.29, 1.82) is 0 Å². The van der Waals surface area contributed by atoms with Crippen molar-refractivity contribution >= 4 is 21.9 Å². The molecule has 0 fully saturated rings. The molecule has 2 aromatic carbocycles. The molecule has 0 aliphatic rings. The maximum atomic E-state index is 12.3. The molecule has 0 spiro atoms. The lowest BCUT2D eigenvalue weighted by atomic mass is 10.1. The monoisotopic (exact) mass is 291 g/mol. The molecule has 110 valence electrons. The van der Waals surface area contributed by atoms with Crippen molar-refractivity contribution in [3.05, 3.63) is 70.3 Å². The fourth-order valence-electron chi connectivity index (χ4n) is 3.20. The van der Waals surface area contributed by atoms with Crippen LogP contribution in [0.3, 0.4) is 0 Å². The Bertz CT molecular complexity index is 1050. The van der Waals surface area contributed by atoms with Crippen molar-refractivity contribution in [2.75, 3.05) is 0 Å². The van der Waals surface area contributed by atoms with E-state index in [4.69, 9.17) is 0 Å². The minimum Gasteiger partial charge on any atom is -0.348 e. The van der Waals surface area contributed by atoms with Crippen LogP contribution in [0.2, 0.25) is 0 Å². The molecule has 0 atom stereocenters. The summed E-state index contributed by atoms with van der Waals surface area (Å²) in [6.45, 7) is 2.67. The summed E-state index contributed by atoms with van der Waals surface area (Å²) in [5.74, 6) is 0. The van der Waals surface area contributed by atoms with Crippen molar-refractivity contribution in [1.82, 2.24) is 14.1 Å². The Balaban J connectivity index is 1.93. The topological polar surface area (TPSA) is 42.7 Å². The van der Waals surface area contributed by atoms with Gasteiger partial charge in [-0.2, -0.15) is 0 Å². The minimum absolute atomic E-state index is 0.0656. The van der Waals surface area contributed by atoms with Crippen molar-refractivity contribution in [2.45, 2.75) is 13.5 Å². The number of hydrogen-bond acceptors (Lipinski definition) is 1. The van der Waals surface area contributed by atoms with E-state index in [0.717, 1.165) is 16.6 Å². The van der Waals surface area contributed by atoms with E-state index in [9.17, 15) is 4.79 Å². The molecule has 0 radical (unpaired) electrons. The SMILES string of the molecule is Cc1cc2cccc(Cn3c(=O)[nH]c4ccccc43)c2n1C. The third kappa shape index (κ3) is 1.80. The highest BCUT2D eigenvalue weighted by atomic mass is 16.1. The zero-order valence-electron chi connectivity index (χ0n) is 12.6. The first kappa shape index (κ1) is 13.0. The summed E-state index contributed by atoms with van der Waals surface area (Å²) >= 11 is 0. The molecule has 4 nitrogen and oxygen atoms in total. The van der Waals surface area contributed by atoms with E-state index in [2.05, 4.69) is 47.8 Å². The number of nitrogens with one attached hydrogen (secondary N) is 1. The van der Waals surface area contributed by atoms with Crippen LogP contribution in [0, 0.1) is 6.92 Å². The molecule has 0 unspecified atom stereocenters. The van der Waals surface area contributed by atoms with Gasteiger partial charge in [0.15, 0.2) is 0 Å². The Hall–Kier alpha value is -2.75. The fraction of sp³-hybridized carbons (Fsp3) is 0.167. The lowest BCUT2D eigenvalue weighted by Gasteiger charge is -2.08. The molecular formula is C18H17N3O. The highest BCUT2D eigenvalue weighted by molar-refractivity contribution is 5.84. The molecule has 0 aliphatic heterocycles. The molecule has 4 aromatic rings. The lowest BCUT2D eigenvalue weighted by Crippen LogP contribution is -2.17. The molecule has 0 bridgehead atoms. The van der Waals surface area contributed by atoms with E-state index in [-0.39, 0.29) is 5.69 Å². The predicted molar refractivity (Wildman–Crippen MR) is 89.3 cm³/mol. The van der Waals surface area contributed by atoms with E-state index in [1.165, 1.54) is 16.6 Å². The number of benzene rings is 2. The van der Waals surface area contributed by atoms with Crippen LogP contribution in [-0.4, -0.2) is 14.1 Å². The largest absolute Gasteiger partial charge is 0.348 e. The van der Waals surface area contributed by atoms with E-state index in [1.54, 1.807) is 4.57 Å². The van der Waals surface area contributed by atoms with Gasteiger partial charge in [-0.15, -0.1) is 0 Å². The van der Waals surface area contributed by atoms with E-state index in [1.807, 2.05) is 24.3 Å². The fourth-order valence-corrected chi connectivity index (χ4v) is 3.20. The summed E-state index contributed by atoms with van der Waals surface area (Å²) in [4.78, 5) is 15.2. The summed E-state index contributed by atoms with van der Waals surface area (Å²) in [6.07, 6.45) is 0. The number of aromatic amines is 1. The van der Waals surface area contributed by atoms with Gasteiger partial charge in [0.25, 0.3) is 0 Å². The smallest absolute Gasteiger partial charge is 0.326 e. The maximum Gasteiger partial charge on any atom is 0.326 e. The first-order valence-electron chi connectivity index (χ1n) is 7.36. The second-order valence-electron chi connectivity index (χ2n) is 5.73. The molecule has 0 saturated heterocycles. The van der Waals surface area contributed by atoms with Gasteiger partial charge in [0.05, 0.1) is 23.1 Å². The van der Waals surface area contributed by atoms with Crippen molar-refractivity contribution in [2.24, 2.45) is 7.05 Å². The van der Waals surface area contributed by atoms with Crippen LogP contribution in [-0.2, 0) is 13.6 Å². The minimum atomic E-state index is -0.0656. The number of hydrogen-bond donors (Lipinski definition) is 1. The Labute approximate surface area is 127 Å². The van der Waals surface area contributed by atoms with Crippen LogP contribution in [0.1, 0.15) is 11.3 Å². The highest BCUT2D eigenvalue weighted by Crippen LogP contribution is 2.23. The third-order valence-electron chi connectivity index (χ3n) is 4.39. The number of para-hydroxylation sites is 3. The maximum absolute atomic E-state index is 12.3. The number of aromatic nitrogens is 3. The zero-order chi connectivity index (χ0) is 15.3. The average molecular weight is 291 g/mol. The number of nitrogens with zero attached hydrogens (tertiary/aromatic N) is 2. The number of rotatable bonds is 2. The second kappa shape index (κ2) is 4.63. The van der Waals surface area contributed by atoms with Gasteiger partial charge in [-0.1, -0.05) is 30.3 Å². The van der Waals surface area contributed by atoms with Crippen LogP contribution in [0.15, 0.2) is 53.3 Å². The van der Waals surface area contributed by atoms with Crippen molar-refractivity contribution in [3.63, 3.8) is 0 Å². The second-order valence-corrected chi connectivity index (χ2v) is 5.73. The number of aryl methyl sites for hydroxylation is 2. The first-order chi connectivity index (χ1) is 10.6. The number of imidazole rings is 1. The van der Waals surface area contributed by atoms with Crippen LogP contribution >= 0.6 is 0 Å². The van der Waals surface area contributed by atoms with Crippen LogP contribution in [0.4, 0.5) is 0 Å². The van der Waals surface area contributed by atoms with Crippen LogP contribution < -0.4 is 5.69 Å². The number of H-pyrrole nitrogens is 1. The van der Waals surface area contributed by atoms with Gasteiger partial charge in [0.2, 0.25) is 0 Å². The van der Waals surface area contributed by atoms with E-state index >= 15 is 0 Å². The Morgan fingerprint density at radius 3 is 2.77 bits per heavy atom. The van der Waals surface area contributed by atoms with Crippen molar-refractivity contribution < 1.29 is 0 Å². The van der Waals surface area contributed by atoms with Crippen molar-refractivity contribution in [3.8, 4) is 0 Å². The van der Waals surface area contributed by atoms with Gasteiger partial charge in [-0.25, -0.2) is 4.79 Å². The van der Waals surface area contributed by atoms with Gasteiger partial charge < -0.3 is 9.55 Å². The summed E-state index contributed by atoms with van der Waals surface area (Å²) in [6, 6.07) is 16.2. The van der Waals surface area contributed by atoms with Crippen LogP contribution in [0.25, 0.3) is 21.9 Å². The highest BCUT2D eigenvalue weighted by Gasteiger charge is 2.11. The molecule has 0 aliphatic carbocycles. The Kier molecular flexibility index (Phi) is 2.73. The van der Waals surface area contributed by atoms with E-state index in [0.29, 0.717) is 6.54 Å². The molecule has 0 saturated carbocycles. The quantitative estimate of drug-likeness (QED) is 0.605. The van der Waals surface area contributed by atoms with Gasteiger partial charge in [0, 0.05) is 18.1 Å². The van der Waals surface area contributed by atoms with Gasteiger partial charge >= 0.3 is 5.69 Å². The first-order valence-corrected chi connectivity index (χ1v) is 7.36. The summed E-state index contributed by atoms with van der Waals surface area (Å²) in [5.41, 5.74) is 5.31. The molecule has 2 heterocycles. The molecule has 4 heteroatoms. The molecule has 4 rings (SSSR count). The van der Waals surface area contributed by atoms with Gasteiger partial charge in [0.1, 0.15) is 0 Å². The Morgan fingerprint density at radius 1 is 1.09 bits per heavy atom. The molecule has 1 N–H and O–H groups in total. The molecular weight excluding hydrogens is 274 g/mol. The summed E-state index contributed by atoms with van der Waals surface area (Å²) < 4.78 is 3.98. The molecule has 2 aromatic heterocycles. The standard InChI is InChI=1S/C18H17N3O/c1-12-10-13-6-5-7-14(17(13)20(12)2)11-21-16-9-4-3-8-15(16)19-18(21)22/h3-10H,11H2,1-2H3,(H,19,22). The zero-order valence-corrected chi connectivity index (χ0v) is 12.6. The van der Waals surface area contributed by atoms with Gasteiger partial charge in [-0.05, 0) is 30.7 Å². The summed E-state index contributed by atoms with van der Waals surface area (Å²) in [5, 5.41) is 1.21. The summed E-state index contributed by atoms with van der Waals surface area (Å²) in [7, 11) is 2.07. The predicted octanol–water partition coefficient (Wildman–Crippen LogP) is 3.18. The van der Waals surface area contributed by atoms with Crippen LogP contribution in [0.5, 0.6) is 0 Å². The lowest BCUT2D eigenvalue weighted by molar-refractivity contribution is 0.784. The normalized spacial score (nSPS) is 11.5. The third-order valence-corrected chi connectivity index (χ3v) is 4.39. The van der Waals surface area contributed by atoms with Gasteiger partial charge in [-0.3, -0.25) is 4.57 Å². The molecule has 22 heavy (non-hydrogen) atoms. The average Bonchev–Trinajstić information content (AvgIpc) is 2.98. The Morgan fingerprint density at radius 2 is 1.91 bits per heavy atom. The number of fused-ring (bicyclic) bond motifs is 2. The van der Waals surface area contributed by atoms with E-state index < -0.39 is 0 Å². The molecule has 0 amide bonds.